The SMILES string of the molecule is Cc1cn([C@H](CCO)c2ccc(Cl)c(F)c2)c(=O)cc1-c1ccnc(NC2CCOCC2)n1. The number of anilines is 1. The molecule has 1 atom stereocenters. The van der Waals surface area contributed by atoms with Crippen LogP contribution in [0.15, 0.2) is 47.5 Å². The van der Waals surface area contributed by atoms with Crippen molar-refractivity contribution in [3.63, 3.8) is 0 Å². The summed E-state index contributed by atoms with van der Waals surface area (Å²) in [6, 6.07) is 7.43. The number of aliphatic hydroxyl groups excluding tert-OH is 1. The van der Waals surface area contributed by atoms with Gasteiger partial charge in [0.1, 0.15) is 5.82 Å². The van der Waals surface area contributed by atoms with Crippen LogP contribution in [0.4, 0.5) is 10.3 Å². The number of aromatic nitrogens is 3. The summed E-state index contributed by atoms with van der Waals surface area (Å²) >= 11 is 5.81. The largest absolute Gasteiger partial charge is 0.396 e. The van der Waals surface area contributed by atoms with Gasteiger partial charge in [0.05, 0.1) is 16.8 Å². The minimum atomic E-state index is -0.566. The highest BCUT2D eigenvalue weighted by Gasteiger charge is 2.19. The van der Waals surface area contributed by atoms with Gasteiger partial charge in [-0.05, 0) is 55.5 Å². The van der Waals surface area contributed by atoms with Crippen LogP contribution in [0.25, 0.3) is 11.3 Å². The van der Waals surface area contributed by atoms with Crippen LogP contribution in [0.1, 0.15) is 36.4 Å². The molecule has 2 N–H and O–H groups in total. The van der Waals surface area contributed by atoms with Crippen molar-refractivity contribution >= 4 is 17.5 Å². The van der Waals surface area contributed by atoms with Gasteiger partial charge in [-0.2, -0.15) is 0 Å². The number of hydrogen-bond donors (Lipinski definition) is 2. The zero-order valence-corrected chi connectivity index (χ0v) is 19.1. The predicted octanol–water partition coefficient (Wildman–Crippen LogP) is 3.97. The van der Waals surface area contributed by atoms with Gasteiger partial charge in [0.15, 0.2) is 0 Å². The minimum Gasteiger partial charge on any atom is -0.396 e. The Morgan fingerprint density at radius 1 is 1.30 bits per heavy atom. The van der Waals surface area contributed by atoms with E-state index in [1.54, 1.807) is 24.5 Å². The first-order valence-electron chi connectivity index (χ1n) is 10.9. The highest BCUT2D eigenvalue weighted by Crippen LogP contribution is 2.27. The van der Waals surface area contributed by atoms with Gasteiger partial charge in [0.2, 0.25) is 5.95 Å². The molecule has 33 heavy (non-hydrogen) atoms. The Morgan fingerprint density at radius 3 is 2.82 bits per heavy atom. The molecule has 1 aromatic carbocycles. The highest BCUT2D eigenvalue weighted by molar-refractivity contribution is 6.30. The number of benzene rings is 1. The number of aliphatic hydroxyl groups is 1. The molecule has 1 aliphatic heterocycles. The van der Waals surface area contributed by atoms with Crippen molar-refractivity contribution < 1.29 is 14.2 Å². The lowest BCUT2D eigenvalue weighted by molar-refractivity contribution is 0.0903. The second kappa shape index (κ2) is 10.4. The Bertz CT molecular complexity index is 1180. The molecule has 174 valence electrons. The molecule has 1 aliphatic rings. The molecule has 9 heteroatoms. The quantitative estimate of drug-likeness (QED) is 0.541. The number of nitrogens with one attached hydrogen (secondary N) is 1. The Hall–Kier alpha value is -2.81. The van der Waals surface area contributed by atoms with Crippen LogP contribution in [-0.2, 0) is 4.74 Å². The predicted molar refractivity (Wildman–Crippen MR) is 125 cm³/mol. The molecule has 0 bridgehead atoms. The molecule has 0 radical (unpaired) electrons. The third-order valence-electron chi connectivity index (χ3n) is 5.83. The van der Waals surface area contributed by atoms with Crippen LogP contribution >= 0.6 is 11.6 Å². The van der Waals surface area contributed by atoms with Crippen molar-refractivity contribution in [3.05, 3.63) is 75.0 Å². The maximum atomic E-state index is 14.1. The molecule has 0 unspecified atom stereocenters. The molecule has 7 nitrogen and oxygen atoms in total. The van der Waals surface area contributed by atoms with Crippen molar-refractivity contribution in [2.24, 2.45) is 0 Å². The molecule has 1 fully saturated rings. The number of halogens is 2. The Kier molecular flexibility index (Phi) is 7.37. The summed E-state index contributed by atoms with van der Waals surface area (Å²) in [6.45, 7) is 3.15. The van der Waals surface area contributed by atoms with E-state index in [9.17, 15) is 14.3 Å². The topological polar surface area (TPSA) is 89.3 Å². The summed E-state index contributed by atoms with van der Waals surface area (Å²) < 4.78 is 21.0. The lowest BCUT2D eigenvalue weighted by Crippen LogP contribution is -2.28. The molecule has 0 saturated carbocycles. The smallest absolute Gasteiger partial charge is 0.251 e. The van der Waals surface area contributed by atoms with Crippen LogP contribution in [0.3, 0.4) is 0 Å². The van der Waals surface area contributed by atoms with E-state index >= 15 is 0 Å². The van der Waals surface area contributed by atoms with E-state index in [4.69, 9.17) is 16.3 Å². The van der Waals surface area contributed by atoms with Crippen molar-refractivity contribution in [1.29, 1.82) is 0 Å². The highest BCUT2D eigenvalue weighted by atomic mass is 35.5. The minimum absolute atomic E-state index is 0.00861. The summed E-state index contributed by atoms with van der Waals surface area (Å²) in [4.78, 5) is 22.0. The maximum Gasteiger partial charge on any atom is 0.251 e. The maximum absolute atomic E-state index is 14.1. The molecule has 1 saturated heterocycles. The van der Waals surface area contributed by atoms with Crippen molar-refractivity contribution in [3.8, 4) is 11.3 Å². The molecule has 0 aliphatic carbocycles. The normalized spacial score (nSPS) is 15.4. The Morgan fingerprint density at radius 2 is 2.09 bits per heavy atom. The summed E-state index contributed by atoms with van der Waals surface area (Å²) in [7, 11) is 0. The van der Waals surface area contributed by atoms with E-state index in [1.807, 2.05) is 6.92 Å². The van der Waals surface area contributed by atoms with Crippen molar-refractivity contribution in [1.82, 2.24) is 14.5 Å². The van der Waals surface area contributed by atoms with E-state index in [0.29, 0.717) is 36.0 Å². The monoisotopic (exact) mass is 472 g/mol. The molecule has 3 heterocycles. The van der Waals surface area contributed by atoms with Gasteiger partial charge >= 0.3 is 0 Å². The number of ether oxygens (including phenoxy) is 1. The second-order valence-electron chi connectivity index (χ2n) is 8.11. The van der Waals surface area contributed by atoms with Gasteiger partial charge in [-0.3, -0.25) is 4.79 Å². The first-order valence-corrected chi connectivity index (χ1v) is 11.3. The number of nitrogens with zero attached hydrogens (tertiary/aromatic N) is 3. The van der Waals surface area contributed by atoms with Gasteiger partial charge in [-0.1, -0.05) is 17.7 Å². The van der Waals surface area contributed by atoms with E-state index in [1.165, 1.54) is 22.8 Å². The summed E-state index contributed by atoms with van der Waals surface area (Å²) in [5.41, 5.74) is 2.44. The van der Waals surface area contributed by atoms with Crippen LogP contribution < -0.4 is 10.9 Å². The molecule has 4 rings (SSSR count). The number of hydrogen-bond acceptors (Lipinski definition) is 6. The first kappa shape index (κ1) is 23.4. The van der Waals surface area contributed by atoms with Crippen LogP contribution in [0.2, 0.25) is 5.02 Å². The fraction of sp³-hybridized carbons (Fsp3) is 0.375. The fourth-order valence-electron chi connectivity index (χ4n) is 4.08. The van der Waals surface area contributed by atoms with E-state index in [-0.39, 0.29) is 29.7 Å². The van der Waals surface area contributed by atoms with Gasteiger partial charge < -0.3 is 19.7 Å². The first-order chi connectivity index (χ1) is 16.0. The summed E-state index contributed by atoms with van der Waals surface area (Å²) in [5.74, 6) is -0.0539. The van der Waals surface area contributed by atoms with Crippen LogP contribution in [0.5, 0.6) is 0 Å². The standard InChI is InChI=1S/C24H26ClFN4O3/c1-15-14-30(22(5-9-31)16-2-3-19(25)20(26)12-16)23(32)13-18(15)21-4-8-27-24(29-21)28-17-6-10-33-11-7-17/h2-4,8,12-14,17,22,31H,5-7,9-11H2,1H3,(H,27,28,29)/t22-/m1/s1. The average Bonchev–Trinajstić information content (AvgIpc) is 2.82. The number of pyridine rings is 1. The molecular weight excluding hydrogens is 447 g/mol. The van der Waals surface area contributed by atoms with Gasteiger partial charge in [-0.25, -0.2) is 14.4 Å². The zero-order valence-electron chi connectivity index (χ0n) is 18.3. The fourth-order valence-corrected chi connectivity index (χ4v) is 4.20. The Balaban J connectivity index is 1.66. The van der Waals surface area contributed by atoms with Crippen LogP contribution in [0, 0.1) is 12.7 Å². The number of aryl methyl sites for hydroxylation is 1. The van der Waals surface area contributed by atoms with Gasteiger partial charge in [0.25, 0.3) is 5.56 Å². The van der Waals surface area contributed by atoms with E-state index in [2.05, 4.69) is 15.3 Å². The second-order valence-corrected chi connectivity index (χ2v) is 8.52. The Labute approximate surface area is 196 Å². The van der Waals surface area contributed by atoms with Crippen LogP contribution in [-0.4, -0.2) is 45.5 Å². The van der Waals surface area contributed by atoms with Gasteiger partial charge in [-0.15, -0.1) is 0 Å². The third-order valence-corrected chi connectivity index (χ3v) is 6.14. The molecular formula is C24H26ClFN4O3. The number of rotatable bonds is 7. The molecule has 2 aromatic heterocycles. The lowest BCUT2D eigenvalue weighted by atomic mass is 10.0. The summed E-state index contributed by atoms with van der Waals surface area (Å²) in [6.07, 6.45) is 5.42. The molecule has 0 amide bonds. The van der Waals surface area contributed by atoms with Gasteiger partial charge in [0, 0.05) is 49.9 Å². The molecule has 0 spiro atoms. The van der Waals surface area contributed by atoms with Crippen molar-refractivity contribution in [2.45, 2.75) is 38.3 Å². The van der Waals surface area contributed by atoms with Crippen molar-refractivity contribution in [2.75, 3.05) is 25.1 Å². The third kappa shape index (κ3) is 5.40. The van der Waals surface area contributed by atoms with E-state index < -0.39 is 11.9 Å². The van der Waals surface area contributed by atoms with E-state index in [0.717, 1.165) is 18.4 Å². The summed E-state index contributed by atoms with van der Waals surface area (Å²) in [5, 5.41) is 12.9. The zero-order chi connectivity index (χ0) is 23.4. The average molecular weight is 473 g/mol. The lowest BCUT2D eigenvalue weighted by Gasteiger charge is -2.23. The molecule has 3 aromatic rings.